The van der Waals surface area contributed by atoms with E-state index in [2.05, 4.69) is 10.2 Å². The second kappa shape index (κ2) is 4.71. The third kappa shape index (κ3) is 1.93. The highest BCUT2D eigenvalue weighted by molar-refractivity contribution is 6.33. The Hall–Kier alpha value is -1.99. The maximum atomic E-state index is 11.0. The van der Waals surface area contributed by atoms with Crippen LogP contribution in [0, 0.1) is 10.1 Å². The molecule has 94 valence electrons. The summed E-state index contributed by atoms with van der Waals surface area (Å²) in [7, 11) is 1.69. The van der Waals surface area contributed by atoms with Crippen LogP contribution in [0.15, 0.2) is 18.2 Å². The molecule has 2 aromatic rings. The van der Waals surface area contributed by atoms with E-state index < -0.39 is 4.92 Å². The van der Waals surface area contributed by atoms with E-state index >= 15 is 0 Å². The molecular weight excluding hydrogens is 258 g/mol. The molecule has 0 atom stereocenters. The molecule has 2 rings (SSSR count). The van der Waals surface area contributed by atoms with Crippen LogP contribution in [0.25, 0.3) is 11.4 Å². The van der Waals surface area contributed by atoms with Gasteiger partial charge >= 0.3 is 0 Å². The first-order valence-corrected chi connectivity index (χ1v) is 5.45. The number of hydrogen-bond acceptors (Lipinski definition) is 5. The van der Waals surface area contributed by atoms with Crippen molar-refractivity contribution >= 4 is 17.3 Å². The molecular formula is C10H10ClN5O2. The van der Waals surface area contributed by atoms with Crippen LogP contribution in [-0.2, 0) is 13.6 Å². The van der Waals surface area contributed by atoms with Gasteiger partial charge < -0.3 is 10.3 Å². The Bertz CT molecular complexity index is 610. The number of rotatable bonds is 3. The van der Waals surface area contributed by atoms with Gasteiger partial charge in [-0.25, -0.2) is 0 Å². The molecule has 0 bridgehead atoms. The van der Waals surface area contributed by atoms with Crippen LogP contribution in [-0.4, -0.2) is 19.7 Å². The molecule has 0 unspecified atom stereocenters. The van der Waals surface area contributed by atoms with Crippen LogP contribution in [0.3, 0.4) is 0 Å². The maximum absolute atomic E-state index is 11.0. The Morgan fingerprint density at radius 2 is 2.22 bits per heavy atom. The Balaban J connectivity index is 2.70. The lowest BCUT2D eigenvalue weighted by atomic mass is 10.1. The van der Waals surface area contributed by atoms with Gasteiger partial charge in [-0.15, -0.1) is 10.2 Å². The lowest BCUT2D eigenvalue weighted by Crippen LogP contribution is -2.06. The fourth-order valence-corrected chi connectivity index (χ4v) is 1.90. The summed E-state index contributed by atoms with van der Waals surface area (Å²) < 4.78 is 1.59. The minimum Gasteiger partial charge on any atom is -0.324 e. The molecule has 0 radical (unpaired) electrons. The second-order valence-corrected chi connectivity index (χ2v) is 4.00. The second-order valence-electron chi connectivity index (χ2n) is 3.59. The molecule has 1 aromatic carbocycles. The van der Waals surface area contributed by atoms with Crippen LogP contribution < -0.4 is 5.73 Å². The van der Waals surface area contributed by atoms with Crippen LogP contribution in [0.1, 0.15) is 5.82 Å². The summed E-state index contributed by atoms with van der Waals surface area (Å²) in [5, 5.41) is 19.0. The van der Waals surface area contributed by atoms with Crippen LogP contribution in [0.5, 0.6) is 0 Å². The minimum absolute atomic E-state index is 0.110. The van der Waals surface area contributed by atoms with Gasteiger partial charge in [-0.1, -0.05) is 17.7 Å². The first-order chi connectivity index (χ1) is 8.56. The Labute approximate surface area is 107 Å². The SMILES string of the molecule is Cn1c(CN)nnc1-c1c(Cl)cccc1[N+](=O)[O-]. The topological polar surface area (TPSA) is 99.9 Å². The van der Waals surface area contributed by atoms with E-state index in [4.69, 9.17) is 17.3 Å². The summed E-state index contributed by atoms with van der Waals surface area (Å²) in [4.78, 5) is 10.5. The number of halogens is 1. The van der Waals surface area contributed by atoms with Crippen molar-refractivity contribution in [2.75, 3.05) is 0 Å². The van der Waals surface area contributed by atoms with Gasteiger partial charge in [0.15, 0.2) is 5.82 Å². The van der Waals surface area contributed by atoms with E-state index in [1.165, 1.54) is 12.1 Å². The average molecular weight is 268 g/mol. The van der Waals surface area contributed by atoms with Crippen molar-refractivity contribution in [1.82, 2.24) is 14.8 Å². The smallest absolute Gasteiger partial charge is 0.281 e. The number of nitrogens with two attached hydrogens (primary N) is 1. The first kappa shape index (κ1) is 12.5. The summed E-state index contributed by atoms with van der Waals surface area (Å²) in [6.07, 6.45) is 0. The molecule has 0 aliphatic rings. The zero-order chi connectivity index (χ0) is 13.3. The Morgan fingerprint density at radius 3 is 2.78 bits per heavy atom. The molecule has 1 heterocycles. The molecule has 0 aliphatic carbocycles. The number of benzene rings is 1. The fraction of sp³-hybridized carbons (Fsp3) is 0.200. The molecule has 0 aliphatic heterocycles. The van der Waals surface area contributed by atoms with E-state index in [0.29, 0.717) is 11.6 Å². The molecule has 0 amide bonds. The zero-order valence-electron chi connectivity index (χ0n) is 9.50. The maximum Gasteiger partial charge on any atom is 0.281 e. The highest BCUT2D eigenvalue weighted by Crippen LogP contribution is 2.34. The molecule has 0 fully saturated rings. The molecule has 18 heavy (non-hydrogen) atoms. The minimum atomic E-state index is -0.502. The average Bonchev–Trinajstić information content (AvgIpc) is 2.70. The highest BCUT2D eigenvalue weighted by Gasteiger charge is 2.23. The van der Waals surface area contributed by atoms with Gasteiger partial charge in [0.05, 0.1) is 16.5 Å². The lowest BCUT2D eigenvalue weighted by molar-refractivity contribution is -0.384. The van der Waals surface area contributed by atoms with Gasteiger partial charge in [0.1, 0.15) is 11.4 Å². The van der Waals surface area contributed by atoms with Crippen LogP contribution >= 0.6 is 11.6 Å². The van der Waals surface area contributed by atoms with Crippen molar-refractivity contribution in [2.24, 2.45) is 12.8 Å². The molecule has 0 spiro atoms. The van der Waals surface area contributed by atoms with E-state index in [1.807, 2.05) is 0 Å². The Kier molecular flexibility index (Phi) is 3.26. The predicted molar refractivity (Wildman–Crippen MR) is 66.0 cm³/mol. The quantitative estimate of drug-likeness (QED) is 0.671. The van der Waals surface area contributed by atoms with E-state index in [-0.39, 0.29) is 22.8 Å². The van der Waals surface area contributed by atoms with Crippen LogP contribution in [0.4, 0.5) is 5.69 Å². The van der Waals surface area contributed by atoms with E-state index in [9.17, 15) is 10.1 Å². The molecule has 8 heteroatoms. The molecule has 2 N–H and O–H groups in total. The van der Waals surface area contributed by atoms with Crippen molar-refractivity contribution in [3.8, 4) is 11.4 Å². The molecule has 1 aromatic heterocycles. The largest absolute Gasteiger partial charge is 0.324 e. The monoisotopic (exact) mass is 267 g/mol. The Morgan fingerprint density at radius 1 is 1.50 bits per heavy atom. The van der Waals surface area contributed by atoms with E-state index in [1.54, 1.807) is 17.7 Å². The van der Waals surface area contributed by atoms with Crippen molar-refractivity contribution < 1.29 is 4.92 Å². The number of nitro groups is 1. The first-order valence-electron chi connectivity index (χ1n) is 5.08. The number of nitro benzene ring substituents is 1. The third-order valence-corrected chi connectivity index (χ3v) is 2.87. The number of aromatic nitrogens is 3. The van der Waals surface area contributed by atoms with Crippen molar-refractivity contribution in [3.63, 3.8) is 0 Å². The fourth-order valence-electron chi connectivity index (χ4n) is 1.64. The van der Waals surface area contributed by atoms with Gasteiger partial charge in [-0.3, -0.25) is 10.1 Å². The van der Waals surface area contributed by atoms with Crippen molar-refractivity contribution in [2.45, 2.75) is 6.54 Å². The number of nitrogens with zero attached hydrogens (tertiary/aromatic N) is 4. The van der Waals surface area contributed by atoms with Crippen molar-refractivity contribution in [3.05, 3.63) is 39.2 Å². The van der Waals surface area contributed by atoms with Gasteiger partial charge in [0, 0.05) is 13.1 Å². The summed E-state index contributed by atoms with van der Waals surface area (Å²) in [6.45, 7) is 0.196. The highest BCUT2D eigenvalue weighted by atomic mass is 35.5. The van der Waals surface area contributed by atoms with Gasteiger partial charge in [0.2, 0.25) is 0 Å². The van der Waals surface area contributed by atoms with Gasteiger partial charge in [-0.05, 0) is 6.07 Å². The van der Waals surface area contributed by atoms with Gasteiger partial charge in [-0.2, -0.15) is 0 Å². The van der Waals surface area contributed by atoms with Crippen LogP contribution in [0.2, 0.25) is 5.02 Å². The number of hydrogen-bond donors (Lipinski definition) is 1. The third-order valence-electron chi connectivity index (χ3n) is 2.56. The summed E-state index contributed by atoms with van der Waals surface area (Å²) in [5.74, 6) is 0.854. The normalized spacial score (nSPS) is 10.6. The van der Waals surface area contributed by atoms with Gasteiger partial charge in [0.25, 0.3) is 5.69 Å². The molecule has 0 saturated carbocycles. The van der Waals surface area contributed by atoms with E-state index in [0.717, 1.165) is 0 Å². The van der Waals surface area contributed by atoms with Crippen molar-refractivity contribution in [1.29, 1.82) is 0 Å². The zero-order valence-corrected chi connectivity index (χ0v) is 10.3. The predicted octanol–water partition coefficient (Wildman–Crippen LogP) is 1.50. The molecule has 0 saturated heterocycles. The standard InChI is InChI=1S/C10H10ClN5O2/c1-15-8(5-12)13-14-10(15)9-6(11)3-2-4-7(9)16(17)18/h2-4H,5,12H2,1H3. The summed E-state index contributed by atoms with van der Waals surface area (Å²) >= 11 is 6.02. The lowest BCUT2D eigenvalue weighted by Gasteiger charge is -2.05. The summed E-state index contributed by atoms with van der Waals surface area (Å²) in [5.41, 5.74) is 5.63. The summed E-state index contributed by atoms with van der Waals surface area (Å²) in [6, 6.07) is 4.46. The molecule has 7 nitrogen and oxygen atoms in total.